The van der Waals surface area contributed by atoms with E-state index in [2.05, 4.69) is 10.6 Å². The number of amides is 3. The third-order valence-electron chi connectivity index (χ3n) is 5.96. The Balaban J connectivity index is 1.44. The molecule has 2 N–H and O–H groups in total. The zero-order valence-corrected chi connectivity index (χ0v) is 22.3. The van der Waals surface area contributed by atoms with Gasteiger partial charge in [-0.1, -0.05) is 37.1 Å². The molecule has 0 bridgehead atoms. The number of nitrogens with zero attached hydrogens (tertiary/aromatic N) is 1. The van der Waals surface area contributed by atoms with E-state index in [1.807, 2.05) is 6.92 Å². The van der Waals surface area contributed by atoms with Crippen molar-refractivity contribution in [1.82, 2.24) is 0 Å². The van der Waals surface area contributed by atoms with Crippen LogP contribution >= 0.6 is 11.6 Å². The van der Waals surface area contributed by atoms with Crippen LogP contribution in [0.2, 0.25) is 0 Å². The van der Waals surface area contributed by atoms with Gasteiger partial charge in [-0.15, -0.1) is 0 Å². The van der Waals surface area contributed by atoms with Crippen LogP contribution in [0.15, 0.2) is 83.5 Å². The first-order chi connectivity index (χ1) is 19.5. The average molecular weight is 586 g/mol. The van der Waals surface area contributed by atoms with Crippen molar-refractivity contribution in [2.24, 2.45) is 0 Å². The highest BCUT2D eigenvalue weighted by Crippen LogP contribution is 2.32. The van der Waals surface area contributed by atoms with Crippen molar-refractivity contribution >= 4 is 52.4 Å². The topological polar surface area (TPSA) is 105 Å². The second-order valence-corrected chi connectivity index (χ2v) is 9.29. The highest BCUT2D eigenvalue weighted by atomic mass is 35.5. The molecule has 4 rings (SSSR count). The normalized spacial score (nSPS) is 13.4. The molecule has 212 valence electrons. The summed E-state index contributed by atoms with van der Waals surface area (Å²) >= 11 is 6.19. The molecule has 3 aromatic rings. The van der Waals surface area contributed by atoms with Crippen molar-refractivity contribution in [1.29, 1.82) is 0 Å². The first-order valence-electron chi connectivity index (χ1n) is 12.4. The van der Waals surface area contributed by atoms with Gasteiger partial charge in [-0.05, 0) is 67.1 Å². The predicted molar refractivity (Wildman–Crippen MR) is 146 cm³/mol. The minimum absolute atomic E-state index is 0.0302. The van der Waals surface area contributed by atoms with Gasteiger partial charge in [0.05, 0.1) is 23.4 Å². The van der Waals surface area contributed by atoms with Crippen molar-refractivity contribution in [2.75, 3.05) is 22.1 Å². The number of carbonyl (C=O) groups is 4. The zero-order chi connectivity index (χ0) is 29.7. The zero-order valence-electron chi connectivity index (χ0n) is 21.5. The number of unbranched alkanes of at least 4 members (excludes halogenated alkanes) is 1. The highest BCUT2D eigenvalue weighted by Gasteiger charge is 2.39. The Morgan fingerprint density at radius 1 is 0.902 bits per heavy atom. The molecule has 0 spiro atoms. The first kappa shape index (κ1) is 29.3. The number of carbonyl (C=O) groups excluding carboxylic acids is 4. The van der Waals surface area contributed by atoms with Crippen LogP contribution in [0.5, 0.6) is 0 Å². The van der Waals surface area contributed by atoms with E-state index in [0.29, 0.717) is 12.1 Å². The Morgan fingerprint density at radius 3 is 2.29 bits per heavy atom. The van der Waals surface area contributed by atoms with Crippen LogP contribution < -0.4 is 15.5 Å². The number of hydrogen-bond donors (Lipinski definition) is 2. The molecule has 0 radical (unpaired) electrons. The highest BCUT2D eigenvalue weighted by molar-refractivity contribution is 6.53. The van der Waals surface area contributed by atoms with Crippen molar-refractivity contribution in [3.8, 4) is 0 Å². The molecule has 1 aliphatic rings. The number of hydrogen-bond acceptors (Lipinski definition) is 6. The number of halogens is 4. The van der Waals surface area contributed by atoms with Gasteiger partial charge in [0, 0.05) is 16.9 Å². The van der Waals surface area contributed by atoms with Crippen molar-refractivity contribution in [3.63, 3.8) is 0 Å². The smallest absolute Gasteiger partial charge is 0.416 e. The first-order valence-corrected chi connectivity index (χ1v) is 12.8. The van der Waals surface area contributed by atoms with Gasteiger partial charge < -0.3 is 15.4 Å². The molecular weight excluding hydrogens is 563 g/mol. The van der Waals surface area contributed by atoms with E-state index in [1.54, 1.807) is 0 Å². The van der Waals surface area contributed by atoms with E-state index >= 15 is 0 Å². The maximum Gasteiger partial charge on any atom is 0.416 e. The maximum absolute atomic E-state index is 13.1. The molecule has 0 saturated carbocycles. The van der Waals surface area contributed by atoms with Crippen LogP contribution in [0, 0.1) is 0 Å². The fraction of sp³-hybridized carbons (Fsp3) is 0.172. The van der Waals surface area contributed by atoms with Crippen LogP contribution in [0.25, 0.3) is 0 Å². The lowest BCUT2D eigenvalue weighted by atomic mass is 10.1. The van der Waals surface area contributed by atoms with Crippen molar-refractivity contribution < 1.29 is 37.1 Å². The van der Waals surface area contributed by atoms with E-state index in [4.69, 9.17) is 16.3 Å². The molecule has 0 aromatic heterocycles. The van der Waals surface area contributed by atoms with Crippen LogP contribution in [0.1, 0.15) is 46.0 Å². The van der Waals surface area contributed by atoms with Crippen LogP contribution in [-0.2, 0) is 20.5 Å². The van der Waals surface area contributed by atoms with Crippen LogP contribution in [-0.4, -0.2) is 30.3 Å². The number of benzene rings is 3. The van der Waals surface area contributed by atoms with E-state index < -0.39 is 35.4 Å². The summed E-state index contributed by atoms with van der Waals surface area (Å²) in [6.45, 7) is 2.20. The molecule has 12 heteroatoms. The van der Waals surface area contributed by atoms with Crippen molar-refractivity contribution in [2.45, 2.75) is 25.9 Å². The predicted octanol–water partition coefficient (Wildman–Crippen LogP) is 6.35. The Bertz CT molecular complexity index is 1540. The Hall–Kier alpha value is -4.64. The summed E-state index contributed by atoms with van der Waals surface area (Å²) in [5.41, 5.74) is -0.414. The molecule has 0 fully saturated rings. The van der Waals surface area contributed by atoms with Gasteiger partial charge in [-0.25, -0.2) is 9.69 Å². The number of alkyl halides is 3. The molecule has 0 saturated heterocycles. The van der Waals surface area contributed by atoms with Gasteiger partial charge in [0.2, 0.25) is 0 Å². The quantitative estimate of drug-likeness (QED) is 0.172. The monoisotopic (exact) mass is 585 g/mol. The summed E-state index contributed by atoms with van der Waals surface area (Å²) < 4.78 is 44.0. The van der Waals surface area contributed by atoms with Gasteiger partial charge in [-0.3, -0.25) is 14.4 Å². The summed E-state index contributed by atoms with van der Waals surface area (Å²) in [6.07, 6.45) is -3.01. The van der Waals surface area contributed by atoms with E-state index in [0.717, 1.165) is 23.5 Å². The van der Waals surface area contributed by atoms with Crippen LogP contribution in [0.3, 0.4) is 0 Å². The molecule has 0 atom stereocenters. The van der Waals surface area contributed by atoms with Crippen LogP contribution in [0.4, 0.5) is 30.2 Å². The molecule has 3 aromatic carbocycles. The van der Waals surface area contributed by atoms with Gasteiger partial charge in [-0.2, -0.15) is 13.2 Å². The average Bonchev–Trinajstić information content (AvgIpc) is 3.16. The van der Waals surface area contributed by atoms with Gasteiger partial charge in [0.25, 0.3) is 17.7 Å². The molecule has 1 aliphatic heterocycles. The summed E-state index contributed by atoms with van der Waals surface area (Å²) in [7, 11) is 0. The van der Waals surface area contributed by atoms with Gasteiger partial charge in [0.15, 0.2) is 0 Å². The molecule has 41 heavy (non-hydrogen) atoms. The van der Waals surface area contributed by atoms with E-state index in [1.165, 1.54) is 60.7 Å². The van der Waals surface area contributed by atoms with Gasteiger partial charge >= 0.3 is 12.1 Å². The Kier molecular flexibility index (Phi) is 8.77. The molecule has 8 nitrogen and oxygen atoms in total. The molecule has 3 amide bonds. The number of nitrogens with one attached hydrogen (secondary N) is 2. The lowest BCUT2D eigenvalue weighted by Gasteiger charge is -2.16. The second kappa shape index (κ2) is 12.3. The number of ether oxygens (including phenoxy) is 1. The molecule has 0 unspecified atom stereocenters. The molecule has 0 aliphatic carbocycles. The summed E-state index contributed by atoms with van der Waals surface area (Å²) in [5.74, 6) is -2.80. The Morgan fingerprint density at radius 2 is 1.61 bits per heavy atom. The van der Waals surface area contributed by atoms with E-state index in [9.17, 15) is 32.3 Å². The van der Waals surface area contributed by atoms with Crippen molar-refractivity contribution in [3.05, 3.63) is 100 Å². The summed E-state index contributed by atoms with van der Waals surface area (Å²) in [5, 5.41) is 4.80. The lowest BCUT2D eigenvalue weighted by Crippen LogP contribution is -2.32. The van der Waals surface area contributed by atoms with E-state index in [-0.39, 0.29) is 39.8 Å². The lowest BCUT2D eigenvalue weighted by molar-refractivity contribution is -0.137. The molecule has 1 heterocycles. The molecular formula is C29H23ClF3N3O5. The number of esters is 1. The fourth-order valence-corrected chi connectivity index (χ4v) is 4.05. The summed E-state index contributed by atoms with van der Waals surface area (Å²) in [4.78, 5) is 51.7. The second-order valence-electron chi connectivity index (χ2n) is 8.91. The number of imide groups is 1. The largest absolute Gasteiger partial charge is 0.462 e. The summed E-state index contributed by atoms with van der Waals surface area (Å²) in [6, 6.07) is 15.7. The maximum atomic E-state index is 13.1. The SMILES string of the molecule is CCCCOC(=O)c1cccc(N2C(=O)C(Cl)=C(Nc3ccc(C(=O)Nc4cccc(C(F)(F)F)c4)cc3)C2=O)c1. The Labute approximate surface area is 237 Å². The fourth-order valence-electron chi connectivity index (χ4n) is 3.84. The standard InChI is InChI=1S/C29H23ClF3N3O5/c1-2-3-14-41-28(40)18-6-4-9-22(15-18)36-26(38)23(30)24(27(36)39)34-20-12-10-17(11-13-20)25(37)35-21-8-5-7-19(16-21)29(31,32)33/h4-13,15-16,34H,2-3,14H2,1H3,(H,35,37). The number of rotatable bonds is 9. The van der Waals surface area contributed by atoms with Gasteiger partial charge in [0.1, 0.15) is 10.7 Å². The minimum Gasteiger partial charge on any atom is -0.462 e. The minimum atomic E-state index is -4.55. The number of anilines is 3. The third kappa shape index (κ3) is 6.75. The third-order valence-corrected chi connectivity index (χ3v) is 6.31.